The van der Waals surface area contributed by atoms with E-state index >= 15 is 0 Å². The summed E-state index contributed by atoms with van der Waals surface area (Å²) in [6.07, 6.45) is 6.21. The van der Waals surface area contributed by atoms with Gasteiger partial charge in [0.15, 0.2) is 0 Å². The SMILES string of the molecule is CO[C@@H]1CCN2C[C@@H]1CCCCN(Cc1ccc(Cl)nc1)CCOc1ccccc1C2=O. The molecule has 1 saturated heterocycles. The maximum absolute atomic E-state index is 13.3. The van der Waals surface area contributed by atoms with Crippen LogP contribution >= 0.6 is 11.6 Å². The van der Waals surface area contributed by atoms with Gasteiger partial charge in [-0.15, -0.1) is 0 Å². The molecule has 1 aromatic heterocycles. The predicted octanol–water partition coefficient (Wildman–Crippen LogP) is 4.28. The fourth-order valence-corrected chi connectivity index (χ4v) is 4.89. The van der Waals surface area contributed by atoms with Crippen molar-refractivity contribution in [2.45, 2.75) is 38.3 Å². The number of hydrogen-bond donors (Lipinski definition) is 0. The van der Waals surface area contributed by atoms with Gasteiger partial charge in [-0.05, 0) is 49.6 Å². The Morgan fingerprint density at radius 2 is 2.00 bits per heavy atom. The number of pyridine rings is 1. The Hall–Kier alpha value is -2.15. The summed E-state index contributed by atoms with van der Waals surface area (Å²) >= 11 is 5.94. The Morgan fingerprint density at radius 3 is 2.81 bits per heavy atom. The molecule has 0 spiro atoms. The maximum atomic E-state index is 13.3. The Morgan fingerprint density at radius 1 is 1.12 bits per heavy atom. The van der Waals surface area contributed by atoms with Crippen molar-refractivity contribution >= 4 is 17.5 Å². The Balaban J connectivity index is 1.52. The lowest BCUT2D eigenvalue weighted by Gasteiger charge is -2.38. The van der Waals surface area contributed by atoms with Crippen molar-refractivity contribution in [1.29, 1.82) is 0 Å². The van der Waals surface area contributed by atoms with Crippen LogP contribution in [-0.2, 0) is 11.3 Å². The molecule has 0 aliphatic carbocycles. The van der Waals surface area contributed by atoms with Crippen LogP contribution in [0.2, 0.25) is 5.15 Å². The summed E-state index contributed by atoms with van der Waals surface area (Å²) in [6, 6.07) is 11.5. The number of benzene rings is 1. The van der Waals surface area contributed by atoms with E-state index in [1.807, 2.05) is 47.5 Å². The van der Waals surface area contributed by atoms with Gasteiger partial charge in [-0.2, -0.15) is 0 Å². The molecule has 2 aliphatic rings. The molecule has 0 unspecified atom stereocenters. The zero-order chi connectivity index (χ0) is 22.3. The highest BCUT2D eigenvalue weighted by molar-refractivity contribution is 6.29. The van der Waals surface area contributed by atoms with E-state index in [4.69, 9.17) is 21.1 Å². The number of carbonyl (C=O) groups excluding carboxylic acids is 1. The van der Waals surface area contributed by atoms with Gasteiger partial charge in [-0.25, -0.2) is 4.98 Å². The molecule has 32 heavy (non-hydrogen) atoms. The zero-order valence-corrected chi connectivity index (χ0v) is 19.5. The van der Waals surface area contributed by atoms with Crippen molar-refractivity contribution in [2.75, 3.05) is 39.9 Å². The number of methoxy groups -OCH3 is 1. The average Bonchev–Trinajstić information content (AvgIpc) is 2.82. The summed E-state index contributed by atoms with van der Waals surface area (Å²) in [6.45, 7) is 4.56. The number of piperidine rings is 1. The average molecular weight is 458 g/mol. The highest BCUT2D eigenvalue weighted by Gasteiger charge is 2.32. The molecule has 2 aromatic rings. The maximum Gasteiger partial charge on any atom is 0.257 e. The number of carbonyl (C=O) groups is 1. The lowest BCUT2D eigenvalue weighted by molar-refractivity contribution is -0.00702. The third kappa shape index (κ3) is 5.80. The number of aromatic nitrogens is 1. The molecule has 2 atom stereocenters. The van der Waals surface area contributed by atoms with E-state index < -0.39 is 0 Å². The number of fused-ring (bicyclic) bond motifs is 3. The first-order valence-electron chi connectivity index (χ1n) is 11.5. The number of ether oxygens (including phenoxy) is 2. The monoisotopic (exact) mass is 457 g/mol. The summed E-state index contributed by atoms with van der Waals surface area (Å²) in [7, 11) is 1.79. The predicted molar refractivity (Wildman–Crippen MR) is 125 cm³/mol. The van der Waals surface area contributed by atoms with Crippen LogP contribution in [0, 0.1) is 5.92 Å². The normalized spacial score (nSPS) is 23.2. The summed E-state index contributed by atoms with van der Waals surface area (Å²) in [5.41, 5.74) is 1.78. The highest BCUT2D eigenvalue weighted by Crippen LogP contribution is 2.28. The van der Waals surface area contributed by atoms with Gasteiger partial charge in [0.2, 0.25) is 0 Å². The van der Waals surface area contributed by atoms with Gasteiger partial charge in [-0.3, -0.25) is 9.69 Å². The van der Waals surface area contributed by atoms with Crippen LogP contribution < -0.4 is 4.74 Å². The number of amides is 1. The second-order valence-corrected chi connectivity index (χ2v) is 9.07. The van der Waals surface area contributed by atoms with Crippen molar-refractivity contribution in [2.24, 2.45) is 5.92 Å². The molecule has 1 fully saturated rings. The van der Waals surface area contributed by atoms with Crippen LogP contribution in [0.3, 0.4) is 0 Å². The largest absolute Gasteiger partial charge is 0.491 e. The van der Waals surface area contributed by atoms with E-state index in [0.717, 1.165) is 64.0 Å². The fraction of sp³-hybridized carbons (Fsp3) is 0.520. The smallest absolute Gasteiger partial charge is 0.257 e. The van der Waals surface area contributed by atoms with Crippen molar-refractivity contribution < 1.29 is 14.3 Å². The molecule has 4 rings (SSSR count). The van der Waals surface area contributed by atoms with Gasteiger partial charge >= 0.3 is 0 Å². The Labute approximate surface area is 195 Å². The first-order valence-corrected chi connectivity index (χ1v) is 11.9. The van der Waals surface area contributed by atoms with E-state index in [-0.39, 0.29) is 12.0 Å². The van der Waals surface area contributed by atoms with Crippen molar-refractivity contribution in [3.8, 4) is 5.75 Å². The topological polar surface area (TPSA) is 54.9 Å². The molecule has 3 heterocycles. The quantitative estimate of drug-likeness (QED) is 0.644. The third-order valence-electron chi connectivity index (χ3n) is 6.53. The Kier molecular flexibility index (Phi) is 8.00. The summed E-state index contributed by atoms with van der Waals surface area (Å²) in [5, 5.41) is 0.508. The van der Waals surface area contributed by atoms with E-state index in [2.05, 4.69) is 9.88 Å². The minimum atomic E-state index is 0.0568. The van der Waals surface area contributed by atoms with Gasteiger partial charge in [0.1, 0.15) is 17.5 Å². The van der Waals surface area contributed by atoms with Gasteiger partial charge in [0.25, 0.3) is 5.91 Å². The molecule has 172 valence electrons. The molecular formula is C25H32ClN3O3. The molecule has 2 aliphatic heterocycles. The third-order valence-corrected chi connectivity index (χ3v) is 6.75. The number of halogens is 1. The lowest BCUT2D eigenvalue weighted by Crippen LogP contribution is -2.46. The van der Waals surface area contributed by atoms with E-state index in [1.165, 1.54) is 0 Å². The van der Waals surface area contributed by atoms with Crippen LogP contribution in [0.15, 0.2) is 42.6 Å². The van der Waals surface area contributed by atoms with Crippen molar-refractivity contribution in [3.05, 3.63) is 58.9 Å². The molecule has 1 aromatic carbocycles. The second-order valence-electron chi connectivity index (χ2n) is 8.68. The van der Waals surface area contributed by atoms with Gasteiger partial charge in [-0.1, -0.05) is 36.2 Å². The lowest BCUT2D eigenvalue weighted by atomic mass is 9.89. The standard InChI is InChI=1S/C25H32ClN3O3/c1-31-22-11-13-29-18-20(22)6-4-5-12-28(17-19-9-10-24(26)27-16-19)14-15-32-23-8-3-2-7-21(23)25(29)30/h2-3,7-10,16,20,22H,4-6,11-15,17-18H2,1H3/t20-,22+/m0/s1. The van der Waals surface area contributed by atoms with Gasteiger partial charge in [0.05, 0.1) is 11.7 Å². The van der Waals surface area contributed by atoms with Crippen LogP contribution in [0.4, 0.5) is 0 Å². The second kappa shape index (κ2) is 11.1. The highest BCUT2D eigenvalue weighted by atomic mass is 35.5. The number of para-hydroxylation sites is 1. The Bertz CT molecular complexity index is 892. The molecule has 0 saturated carbocycles. The fourth-order valence-electron chi connectivity index (χ4n) is 4.78. The molecule has 2 bridgehead atoms. The van der Waals surface area contributed by atoms with Gasteiger partial charge in [0, 0.05) is 45.4 Å². The number of rotatable bonds is 3. The first kappa shape index (κ1) is 23.0. The summed E-state index contributed by atoms with van der Waals surface area (Å²) in [5.74, 6) is 1.08. The van der Waals surface area contributed by atoms with Gasteiger partial charge < -0.3 is 14.4 Å². The van der Waals surface area contributed by atoms with Crippen LogP contribution in [0.25, 0.3) is 0 Å². The molecule has 6 nitrogen and oxygen atoms in total. The van der Waals surface area contributed by atoms with Crippen molar-refractivity contribution in [3.63, 3.8) is 0 Å². The van der Waals surface area contributed by atoms with Crippen molar-refractivity contribution in [1.82, 2.24) is 14.8 Å². The first-order chi connectivity index (χ1) is 15.6. The van der Waals surface area contributed by atoms with E-state index in [9.17, 15) is 4.79 Å². The minimum Gasteiger partial charge on any atom is -0.491 e. The molecule has 7 heteroatoms. The molecule has 0 N–H and O–H groups in total. The molecular weight excluding hydrogens is 426 g/mol. The minimum absolute atomic E-state index is 0.0568. The van der Waals surface area contributed by atoms with E-state index in [1.54, 1.807) is 7.11 Å². The van der Waals surface area contributed by atoms with Crippen LogP contribution in [0.1, 0.15) is 41.6 Å². The zero-order valence-electron chi connectivity index (χ0n) is 18.7. The van der Waals surface area contributed by atoms with Crippen LogP contribution in [0.5, 0.6) is 5.75 Å². The summed E-state index contributed by atoms with van der Waals surface area (Å²) in [4.78, 5) is 21.9. The molecule has 0 radical (unpaired) electrons. The summed E-state index contributed by atoms with van der Waals surface area (Å²) < 4.78 is 11.9. The van der Waals surface area contributed by atoms with E-state index in [0.29, 0.717) is 29.0 Å². The number of hydrogen-bond acceptors (Lipinski definition) is 5. The number of nitrogens with zero attached hydrogens (tertiary/aromatic N) is 3. The van der Waals surface area contributed by atoms with Crippen LogP contribution in [-0.4, -0.2) is 66.7 Å². The molecule has 1 amide bonds.